The molecule has 0 bridgehead atoms. The molecule has 0 aliphatic rings. The highest BCUT2D eigenvalue weighted by molar-refractivity contribution is 5.81. The molecular formula is C9H19N3O2. The molecule has 82 valence electrons. The van der Waals surface area contributed by atoms with Gasteiger partial charge in [-0.15, -0.1) is 0 Å². The summed E-state index contributed by atoms with van der Waals surface area (Å²) in [6, 6.07) is -0.380. The first kappa shape index (κ1) is 12.9. The molecule has 0 aliphatic heterocycles. The van der Waals surface area contributed by atoms with Crippen LogP contribution in [0, 0.1) is 0 Å². The molecule has 14 heavy (non-hydrogen) atoms. The lowest BCUT2D eigenvalue weighted by atomic mass is 10.2. The first-order chi connectivity index (χ1) is 6.47. The molecule has 2 amide bonds. The van der Waals surface area contributed by atoms with Gasteiger partial charge in [-0.25, -0.2) is 0 Å². The molecule has 0 saturated heterocycles. The van der Waals surface area contributed by atoms with E-state index in [1.54, 1.807) is 6.92 Å². The van der Waals surface area contributed by atoms with Crippen molar-refractivity contribution in [1.29, 1.82) is 0 Å². The number of hydrogen-bond donors (Lipinski definition) is 3. The van der Waals surface area contributed by atoms with E-state index in [1.807, 2.05) is 13.8 Å². The summed E-state index contributed by atoms with van der Waals surface area (Å²) in [6.45, 7) is 6.04. The number of carbonyl (C=O) groups excluding carboxylic acids is 2. The first-order valence-electron chi connectivity index (χ1n) is 4.79. The second-order valence-electron chi connectivity index (χ2n) is 3.35. The summed E-state index contributed by atoms with van der Waals surface area (Å²) in [7, 11) is 0. The standard InChI is InChI=1S/C9H19N3O2/c1-4-11-9(14)7(3)12-6(2)5-8(10)13/h6-7,12H,4-5H2,1-3H3,(H2,10,13)(H,11,14). The van der Waals surface area contributed by atoms with E-state index < -0.39 is 0 Å². The number of likely N-dealkylation sites (N-methyl/N-ethyl adjacent to an activating group) is 1. The van der Waals surface area contributed by atoms with Crippen LogP contribution < -0.4 is 16.4 Å². The number of primary amides is 1. The Labute approximate surface area is 84.4 Å². The van der Waals surface area contributed by atoms with Gasteiger partial charge in [0.2, 0.25) is 11.8 Å². The van der Waals surface area contributed by atoms with Crippen molar-refractivity contribution in [1.82, 2.24) is 10.6 Å². The van der Waals surface area contributed by atoms with Crippen molar-refractivity contribution in [2.45, 2.75) is 39.3 Å². The van der Waals surface area contributed by atoms with Gasteiger partial charge < -0.3 is 16.4 Å². The fraction of sp³-hybridized carbons (Fsp3) is 0.778. The predicted molar refractivity (Wildman–Crippen MR) is 54.6 cm³/mol. The SMILES string of the molecule is CCNC(=O)C(C)NC(C)CC(N)=O. The monoisotopic (exact) mass is 201 g/mol. The van der Waals surface area contributed by atoms with E-state index in [2.05, 4.69) is 10.6 Å². The summed E-state index contributed by atoms with van der Waals surface area (Å²) in [5, 5.41) is 5.67. The number of nitrogens with one attached hydrogen (secondary N) is 2. The lowest BCUT2D eigenvalue weighted by molar-refractivity contribution is -0.123. The molecule has 0 aromatic carbocycles. The maximum Gasteiger partial charge on any atom is 0.236 e. The third kappa shape index (κ3) is 5.53. The van der Waals surface area contributed by atoms with Gasteiger partial charge in [0.15, 0.2) is 0 Å². The highest BCUT2D eigenvalue weighted by Crippen LogP contribution is 1.92. The molecule has 2 atom stereocenters. The molecule has 0 aromatic rings. The molecule has 0 radical (unpaired) electrons. The Morgan fingerprint density at radius 3 is 2.36 bits per heavy atom. The fourth-order valence-corrected chi connectivity index (χ4v) is 1.19. The zero-order chi connectivity index (χ0) is 11.1. The summed E-state index contributed by atoms with van der Waals surface area (Å²) in [5.41, 5.74) is 5.02. The Hall–Kier alpha value is -1.10. The topological polar surface area (TPSA) is 84.2 Å². The van der Waals surface area contributed by atoms with Crippen LogP contribution in [0.3, 0.4) is 0 Å². The van der Waals surface area contributed by atoms with Gasteiger partial charge in [0.25, 0.3) is 0 Å². The maximum absolute atomic E-state index is 11.3. The minimum absolute atomic E-state index is 0.0659. The predicted octanol–water partition coefficient (Wildman–Crippen LogP) is -0.635. The second kappa shape index (κ2) is 6.37. The Balaban J connectivity index is 3.86. The summed E-state index contributed by atoms with van der Waals surface area (Å²) in [4.78, 5) is 21.8. The number of carbonyl (C=O) groups is 2. The van der Waals surface area contributed by atoms with Crippen molar-refractivity contribution >= 4 is 11.8 Å². The van der Waals surface area contributed by atoms with E-state index in [4.69, 9.17) is 5.73 Å². The summed E-state index contributed by atoms with van der Waals surface area (Å²) in [6.07, 6.45) is 0.240. The fourth-order valence-electron chi connectivity index (χ4n) is 1.19. The molecule has 5 heteroatoms. The first-order valence-corrected chi connectivity index (χ1v) is 4.79. The van der Waals surface area contributed by atoms with Crippen molar-refractivity contribution in [3.8, 4) is 0 Å². The lowest BCUT2D eigenvalue weighted by Crippen LogP contribution is -2.46. The molecule has 0 aromatic heterocycles. The third-order valence-electron chi connectivity index (χ3n) is 1.79. The van der Waals surface area contributed by atoms with Gasteiger partial charge in [-0.1, -0.05) is 0 Å². The minimum Gasteiger partial charge on any atom is -0.370 e. The van der Waals surface area contributed by atoms with E-state index in [1.165, 1.54) is 0 Å². The van der Waals surface area contributed by atoms with Crippen LogP contribution in [0.25, 0.3) is 0 Å². The molecule has 0 heterocycles. The molecule has 0 saturated carbocycles. The summed E-state index contributed by atoms with van der Waals surface area (Å²) < 4.78 is 0. The average Bonchev–Trinajstić information content (AvgIpc) is 2.02. The Bertz CT molecular complexity index is 206. The molecule has 0 spiro atoms. The molecule has 0 rings (SSSR count). The Morgan fingerprint density at radius 1 is 1.36 bits per heavy atom. The highest BCUT2D eigenvalue weighted by Gasteiger charge is 2.15. The normalized spacial score (nSPS) is 14.5. The van der Waals surface area contributed by atoms with Crippen LogP contribution in [0.1, 0.15) is 27.2 Å². The van der Waals surface area contributed by atoms with E-state index >= 15 is 0 Å². The Morgan fingerprint density at radius 2 is 1.93 bits per heavy atom. The lowest BCUT2D eigenvalue weighted by Gasteiger charge is -2.18. The van der Waals surface area contributed by atoms with Gasteiger partial charge in [-0.05, 0) is 20.8 Å². The molecule has 0 fully saturated rings. The van der Waals surface area contributed by atoms with Crippen molar-refractivity contribution in [2.75, 3.05) is 6.54 Å². The van der Waals surface area contributed by atoms with E-state index in [9.17, 15) is 9.59 Å². The summed E-state index contributed by atoms with van der Waals surface area (Å²) in [5.74, 6) is -0.433. The quantitative estimate of drug-likeness (QED) is 0.534. The van der Waals surface area contributed by atoms with Crippen LogP contribution in [-0.2, 0) is 9.59 Å². The van der Waals surface area contributed by atoms with Crippen LogP contribution in [0.15, 0.2) is 0 Å². The number of rotatable bonds is 6. The smallest absolute Gasteiger partial charge is 0.236 e. The van der Waals surface area contributed by atoms with Crippen LogP contribution in [0.5, 0.6) is 0 Å². The maximum atomic E-state index is 11.3. The minimum atomic E-state index is -0.368. The van der Waals surface area contributed by atoms with Crippen LogP contribution in [-0.4, -0.2) is 30.4 Å². The van der Waals surface area contributed by atoms with E-state index in [0.29, 0.717) is 6.54 Å². The van der Waals surface area contributed by atoms with Crippen LogP contribution in [0.4, 0.5) is 0 Å². The van der Waals surface area contributed by atoms with E-state index in [-0.39, 0.29) is 30.3 Å². The number of nitrogens with two attached hydrogens (primary N) is 1. The van der Waals surface area contributed by atoms with Gasteiger partial charge in [-0.3, -0.25) is 9.59 Å². The number of amides is 2. The second-order valence-corrected chi connectivity index (χ2v) is 3.35. The molecule has 0 aliphatic carbocycles. The van der Waals surface area contributed by atoms with Crippen molar-refractivity contribution in [3.05, 3.63) is 0 Å². The van der Waals surface area contributed by atoms with Gasteiger partial charge >= 0.3 is 0 Å². The third-order valence-corrected chi connectivity index (χ3v) is 1.79. The van der Waals surface area contributed by atoms with Gasteiger partial charge in [0.05, 0.1) is 6.04 Å². The zero-order valence-corrected chi connectivity index (χ0v) is 8.96. The largest absolute Gasteiger partial charge is 0.370 e. The summed E-state index contributed by atoms with van der Waals surface area (Å²) >= 11 is 0. The van der Waals surface area contributed by atoms with Crippen molar-refractivity contribution < 1.29 is 9.59 Å². The molecule has 2 unspecified atom stereocenters. The molecular weight excluding hydrogens is 182 g/mol. The molecule has 5 nitrogen and oxygen atoms in total. The molecule has 4 N–H and O–H groups in total. The van der Waals surface area contributed by atoms with Gasteiger partial charge in [0.1, 0.15) is 0 Å². The Kier molecular flexibility index (Phi) is 5.87. The van der Waals surface area contributed by atoms with Crippen LogP contribution in [0.2, 0.25) is 0 Å². The highest BCUT2D eigenvalue weighted by atomic mass is 16.2. The van der Waals surface area contributed by atoms with Gasteiger partial charge in [0, 0.05) is 19.0 Å². The number of hydrogen-bond acceptors (Lipinski definition) is 3. The van der Waals surface area contributed by atoms with E-state index in [0.717, 1.165) is 0 Å². The van der Waals surface area contributed by atoms with Gasteiger partial charge in [-0.2, -0.15) is 0 Å². The van der Waals surface area contributed by atoms with Crippen molar-refractivity contribution in [3.63, 3.8) is 0 Å². The average molecular weight is 201 g/mol. The van der Waals surface area contributed by atoms with Crippen molar-refractivity contribution in [2.24, 2.45) is 5.73 Å². The van der Waals surface area contributed by atoms with Crippen LogP contribution >= 0.6 is 0 Å². The zero-order valence-electron chi connectivity index (χ0n) is 8.96.